The number of carbonyl (C=O) groups is 1. The molecule has 154 valence electrons. The van der Waals surface area contributed by atoms with Crippen molar-refractivity contribution in [3.63, 3.8) is 0 Å². The predicted octanol–water partition coefficient (Wildman–Crippen LogP) is 3.27. The van der Waals surface area contributed by atoms with Crippen molar-refractivity contribution in [2.75, 3.05) is 19.6 Å². The number of thiazole rings is 1. The number of hydrogen-bond donors (Lipinski definition) is 0. The summed E-state index contributed by atoms with van der Waals surface area (Å²) in [7, 11) is 0. The fourth-order valence-electron chi connectivity index (χ4n) is 4.73. The molecule has 2 fully saturated rings. The minimum Gasteiger partial charge on any atom is -0.337 e. The second kappa shape index (κ2) is 8.28. The van der Waals surface area contributed by atoms with Gasteiger partial charge in [-0.1, -0.05) is 6.42 Å². The van der Waals surface area contributed by atoms with Gasteiger partial charge in [-0.15, -0.1) is 11.3 Å². The number of rotatable bonds is 6. The summed E-state index contributed by atoms with van der Waals surface area (Å²) in [5.41, 5.74) is 1.72. The summed E-state index contributed by atoms with van der Waals surface area (Å²) < 4.78 is 4.15. The highest BCUT2D eigenvalue weighted by molar-refractivity contribution is 7.15. The van der Waals surface area contributed by atoms with Crippen molar-refractivity contribution in [1.82, 2.24) is 29.0 Å². The third kappa shape index (κ3) is 3.83. The molecule has 5 rings (SSSR count). The maximum atomic E-state index is 13.2. The first-order valence-electron chi connectivity index (χ1n) is 10.7. The average Bonchev–Trinajstić information content (AvgIpc) is 3.53. The van der Waals surface area contributed by atoms with Crippen LogP contribution in [0.1, 0.15) is 54.7 Å². The number of imidazole rings is 1. The molecule has 2 aliphatic rings. The SMILES string of the molecule is O=C(c1nc2sccn2c1CN1CCCC[C@@H]1CCn1cccn1)N1CCCC1. The zero-order valence-corrected chi connectivity index (χ0v) is 17.6. The number of piperidine rings is 1. The number of nitrogens with zero attached hydrogens (tertiary/aromatic N) is 6. The molecule has 7 nitrogen and oxygen atoms in total. The Balaban J connectivity index is 1.38. The van der Waals surface area contributed by atoms with Crippen LogP contribution in [0.4, 0.5) is 0 Å². The van der Waals surface area contributed by atoms with Crippen LogP contribution in [0.15, 0.2) is 30.0 Å². The normalized spacial score (nSPS) is 20.7. The van der Waals surface area contributed by atoms with E-state index in [-0.39, 0.29) is 5.91 Å². The van der Waals surface area contributed by atoms with Crippen LogP contribution in [-0.2, 0) is 13.1 Å². The van der Waals surface area contributed by atoms with Gasteiger partial charge in [0.05, 0.1) is 5.69 Å². The van der Waals surface area contributed by atoms with E-state index < -0.39 is 0 Å². The molecule has 0 radical (unpaired) electrons. The van der Waals surface area contributed by atoms with Crippen LogP contribution in [-0.4, -0.2) is 60.5 Å². The summed E-state index contributed by atoms with van der Waals surface area (Å²) in [5, 5.41) is 6.41. The summed E-state index contributed by atoms with van der Waals surface area (Å²) in [6, 6.07) is 2.50. The van der Waals surface area contributed by atoms with E-state index in [2.05, 4.69) is 26.0 Å². The summed E-state index contributed by atoms with van der Waals surface area (Å²) >= 11 is 1.60. The lowest BCUT2D eigenvalue weighted by Gasteiger charge is -2.35. The number of aryl methyl sites for hydroxylation is 1. The van der Waals surface area contributed by atoms with Crippen LogP contribution in [0, 0.1) is 0 Å². The van der Waals surface area contributed by atoms with Gasteiger partial charge in [-0.2, -0.15) is 5.10 Å². The topological polar surface area (TPSA) is 58.7 Å². The fourth-order valence-corrected chi connectivity index (χ4v) is 5.46. The molecule has 0 N–H and O–H groups in total. The van der Waals surface area contributed by atoms with Crippen LogP contribution in [0.25, 0.3) is 4.96 Å². The van der Waals surface area contributed by atoms with E-state index >= 15 is 0 Å². The van der Waals surface area contributed by atoms with Crippen molar-refractivity contribution < 1.29 is 4.79 Å². The predicted molar refractivity (Wildman–Crippen MR) is 113 cm³/mol. The Hall–Kier alpha value is -2.19. The van der Waals surface area contributed by atoms with Gasteiger partial charge in [-0.05, 0) is 44.7 Å². The average molecular weight is 413 g/mol. The first-order valence-corrected chi connectivity index (χ1v) is 11.6. The molecule has 0 spiro atoms. The van der Waals surface area contributed by atoms with Crippen LogP contribution < -0.4 is 0 Å². The quantitative estimate of drug-likeness (QED) is 0.623. The molecule has 3 aromatic rings. The molecule has 0 saturated carbocycles. The molecule has 0 aliphatic carbocycles. The molecular weight excluding hydrogens is 384 g/mol. The van der Waals surface area contributed by atoms with Crippen LogP contribution in [0.3, 0.4) is 0 Å². The van der Waals surface area contributed by atoms with Gasteiger partial charge in [0.25, 0.3) is 5.91 Å². The molecule has 29 heavy (non-hydrogen) atoms. The van der Waals surface area contributed by atoms with E-state index in [0.29, 0.717) is 11.7 Å². The smallest absolute Gasteiger partial charge is 0.274 e. The first kappa shape index (κ1) is 18.8. The van der Waals surface area contributed by atoms with Gasteiger partial charge >= 0.3 is 0 Å². The summed E-state index contributed by atoms with van der Waals surface area (Å²) in [5.74, 6) is 0.110. The largest absolute Gasteiger partial charge is 0.337 e. The molecule has 2 aliphatic heterocycles. The first-order chi connectivity index (χ1) is 14.3. The van der Waals surface area contributed by atoms with Crippen molar-refractivity contribution in [3.05, 3.63) is 41.4 Å². The molecular formula is C21H28N6OS. The second-order valence-electron chi connectivity index (χ2n) is 8.14. The van der Waals surface area contributed by atoms with Gasteiger partial charge < -0.3 is 4.90 Å². The van der Waals surface area contributed by atoms with E-state index in [0.717, 1.165) is 62.6 Å². The van der Waals surface area contributed by atoms with Crippen molar-refractivity contribution in [2.24, 2.45) is 0 Å². The molecule has 2 saturated heterocycles. The summed E-state index contributed by atoms with van der Waals surface area (Å²) in [6.45, 7) is 4.53. The molecule has 5 heterocycles. The van der Waals surface area contributed by atoms with E-state index in [1.54, 1.807) is 11.3 Å². The van der Waals surface area contributed by atoms with E-state index in [9.17, 15) is 4.79 Å². The van der Waals surface area contributed by atoms with Crippen molar-refractivity contribution in [3.8, 4) is 0 Å². The molecule has 0 aromatic carbocycles. The van der Waals surface area contributed by atoms with Gasteiger partial charge in [0.2, 0.25) is 0 Å². The number of hydrogen-bond acceptors (Lipinski definition) is 5. The highest BCUT2D eigenvalue weighted by atomic mass is 32.1. The number of amides is 1. The molecule has 1 atom stereocenters. The van der Waals surface area contributed by atoms with Crippen molar-refractivity contribution in [2.45, 2.75) is 57.7 Å². The van der Waals surface area contributed by atoms with Crippen LogP contribution in [0.5, 0.6) is 0 Å². The highest BCUT2D eigenvalue weighted by Gasteiger charge is 2.29. The van der Waals surface area contributed by atoms with Gasteiger partial charge in [0.15, 0.2) is 10.7 Å². The second-order valence-corrected chi connectivity index (χ2v) is 9.01. The number of likely N-dealkylation sites (tertiary alicyclic amines) is 2. The lowest BCUT2D eigenvalue weighted by Crippen LogP contribution is -2.40. The molecule has 3 aromatic heterocycles. The Morgan fingerprint density at radius 2 is 2.00 bits per heavy atom. The minimum atomic E-state index is 0.110. The number of aromatic nitrogens is 4. The molecule has 0 unspecified atom stereocenters. The van der Waals surface area contributed by atoms with E-state index in [4.69, 9.17) is 4.98 Å². The summed E-state index contributed by atoms with van der Waals surface area (Å²) in [4.78, 5) is 23.4. The Bertz CT molecular complexity index is 955. The Kier molecular flexibility index (Phi) is 5.37. The lowest BCUT2D eigenvalue weighted by molar-refractivity contribution is 0.0781. The monoisotopic (exact) mass is 412 g/mol. The molecule has 1 amide bonds. The Morgan fingerprint density at radius 1 is 1.14 bits per heavy atom. The van der Waals surface area contributed by atoms with Gasteiger partial charge in [-0.25, -0.2) is 4.98 Å². The van der Waals surface area contributed by atoms with E-state index in [1.165, 1.54) is 19.3 Å². The zero-order valence-electron chi connectivity index (χ0n) is 16.7. The van der Waals surface area contributed by atoms with Crippen molar-refractivity contribution >= 4 is 22.2 Å². The number of fused-ring (bicyclic) bond motifs is 1. The minimum absolute atomic E-state index is 0.110. The van der Waals surface area contributed by atoms with E-state index in [1.807, 2.05) is 28.0 Å². The maximum absolute atomic E-state index is 13.2. The van der Waals surface area contributed by atoms with Crippen LogP contribution >= 0.6 is 11.3 Å². The molecule has 8 heteroatoms. The lowest BCUT2D eigenvalue weighted by atomic mass is 9.99. The maximum Gasteiger partial charge on any atom is 0.274 e. The van der Waals surface area contributed by atoms with Crippen molar-refractivity contribution in [1.29, 1.82) is 0 Å². The highest BCUT2D eigenvalue weighted by Crippen LogP contribution is 2.26. The van der Waals surface area contributed by atoms with Gasteiger partial charge in [0.1, 0.15) is 0 Å². The van der Waals surface area contributed by atoms with Gasteiger partial charge in [0, 0.05) is 56.2 Å². The standard InChI is InChI=1S/C21H28N6OS/c28-20(24-9-3-4-10-24)19-18(27-14-15-29-21(27)23-19)16-25-11-2-1-6-17(25)7-13-26-12-5-8-22-26/h5,8,12,14-15,17H,1-4,6-7,9-11,13,16H2/t17-/m1/s1. The number of carbonyl (C=O) groups excluding carboxylic acids is 1. The van der Waals surface area contributed by atoms with Crippen LogP contribution in [0.2, 0.25) is 0 Å². The Morgan fingerprint density at radius 3 is 2.83 bits per heavy atom. The van der Waals surface area contributed by atoms with Gasteiger partial charge in [-0.3, -0.25) is 18.8 Å². The fraction of sp³-hybridized carbons (Fsp3) is 0.571. The summed E-state index contributed by atoms with van der Waals surface area (Å²) in [6.07, 6.45) is 12.9. The zero-order chi connectivity index (χ0) is 19.6. The molecule has 0 bridgehead atoms. The third-order valence-corrected chi connectivity index (χ3v) is 7.07. The third-order valence-electron chi connectivity index (χ3n) is 6.31. The Labute approximate surface area is 174 Å².